The van der Waals surface area contributed by atoms with Gasteiger partial charge in [-0.3, -0.25) is 14.4 Å². The van der Waals surface area contributed by atoms with E-state index < -0.39 is 47.2 Å². The number of aryl methyl sites for hydroxylation is 1. The van der Waals surface area contributed by atoms with Gasteiger partial charge in [-0.05, 0) is 86.3 Å². The van der Waals surface area contributed by atoms with Crippen molar-refractivity contribution in [1.82, 2.24) is 20.5 Å². The molecular weight excluding hydrogens is 640 g/mol. The van der Waals surface area contributed by atoms with Crippen molar-refractivity contribution in [2.45, 2.75) is 129 Å². The van der Waals surface area contributed by atoms with E-state index in [1.165, 1.54) is 11.8 Å². The lowest BCUT2D eigenvalue weighted by atomic mass is 10.0. The Labute approximate surface area is 294 Å². The van der Waals surface area contributed by atoms with Crippen LogP contribution in [0.2, 0.25) is 0 Å². The highest BCUT2D eigenvalue weighted by Gasteiger charge is 2.59. The fourth-order valence-electron chi connectivity index (χ4n) is 6.95. The standard InChI is InChI=1S/C38H52N4O8/c1-22(2)48-32-19-31(27-16-17-30(47-8)23(3)33(27)40-32)49-26-18-29-34(44)41-38(24(4)43)20-25(38)14-12-10-9-11-13-15-28(35(45)42(29)21-26)39-36(46)50-37(5,6)7/h12,14,16-17,19,22,25-26,28-29H,9-11,13,15,18,20-21H2,1-8H3,(H,39,46)(H,41,44)/b14-12-/t25-,26-,28+,29+,38+/m1/s1. The van der Waals surface area contributed by atoms with Crippen LogP contribution in [0.3, 0.4) is 0 Å². The summed E-state index contributed by atoms with van der Waals surface area (Å²) in [5.41, 5.74) is -0.297. The topological polar surface area (TPSA) is 145 Å². The highest BCUT2D eigenvalue weighted by molar-refractivity contribution is 5.98. The van der Waals surface area contributed by atoms with E-state index in [0.717, 1.165) is 30.2 Å². The summed E-state index contributed by atoms with van der Waals surface area (Å²) in [4.78, 5) is 60.7. The molecular formula is C38H52N4O8. The molecule has 2 fully saturated rings. The van der Waals surface area contributed by atoms with Crippen molar-refractivity contribution >= 4 is 34.6 Å². The van der Waals surface area contributed by atoms with Gasteiger partial charge < -0.3 is 34.5 Å². The van der Waals surface area contributed by atoms with Crippen molar-refractivity contribution < 1.29 is 38.1 Å². The second-order valence-corrected chi connectivity index (χ2v) is 15.0. The van der Waals surface area contributed by atoms with Gasteiger partial charge in [-0.15, -0.1) is 0 Å². The van der Waals surface area contributed by atoms with Gasteiger partial charge in [0.1, 0.15) is 40.8 Å². The van der Waals surface area contributed by atoms with Crippen LogP contribution < -0.4 is 24.8 Å². The molecule has 1 aromatic carbocycles. The van der Waals surface area contributed by atoms with E-state index in [9.17, 15) is 19.2 Å². The Bertz CT molecular complexity index is 1650. The SMILES string of the molecule is COc1ccc2c(O[C@@H]3C[C@H]4C(=O)N[C@]5(C(C)=O)C[C@H]5/C=C\CCCCC[C@H](NC(=O)OC(C)(C)C)C(=O)N4C3)cc(OC(C)C)nc2c1C. The molecule has 1 aromatic heterocycles. The second kappa shape index (κ2) is 14.9. The van der Waals surface area contributed by atoms with E-state index in [1.54, 1.807) is 33.9 Å². The lowest BCUT2D eigenvalue weighted by Crippen LogP contribution is -2.56. The Balaban J connectivity index is 1.50. The van der Waals surface area contributed by atoms with Crippen molar-refractivity contribution in [1.29, 1.82) is 0 Å². The summed E-state index contributed by atoms with van der Waals surface area (Å²) in [6.07, 6.45) is 6.97. The van der Waals surface area contributed by atoms with Crippen LogP contribution in [0, 0.1) is 12.8 Å². The van der Waals surface area contributed by atoms with Gasteiger partial charge in [-0.1, -0.05) is 25.0 Å². The molecule has 0 radical (unpaired) electrons. The van der Waals surface area contributed by atoms with Crippen LogP contribution in [-0.4, -0.2) is 82.7 Å². The minimum absolute atomic E-state index is 0.0825. The van der Waals surface area contributed by atoms with Gasteiger partial charge in [-0.2, -0.15) is 0 Å². The van der Waals surface area contributed by atoms with E-state index in [4.69, 9.17) is 23.9 Å². The Hall–Kier alpha value is -4.35. The molecule has 2 N–H and O–H groups in total. The summed E-state index contributed by atoms with van der Waals surface area (Å²) in [6.45, 7) is 12.6. The molecule has 5 atom stereocenters. The van der Waals surface area contributed by atoms with Gasteiger partial charge in [-0.25, -0.2) is 9.78 Å². The summed E-state index contributed by atoms with van der Waals surface area (Å²) in [7, 11) is 1.60. The van der Waals surface area contributed by atoms with E-state index in [0.29, 0.717) is 42.2 Å². The van der Waals surface area contributed by atoms with Gasteiger partial charge in [0, 0.05) is 29.4 Å². The number of benzene rings is 1. The maximum Gasteiger partial charge on any atom is 0.408 e. The van der Waals surface area contributed by atoms with Crippen molar-refractivity contribution in [3.05, 3.63) is 35.9 Å². The van der Waals surface area contributed by atoms with Crippen LogP contribution in [0.5, 0.6) is 17.4 Å². The Morgan fingerprint density at radius 2 is 1.88 bits per heavy atom. The first kappa shape index (κ1) is 36.9. The number of alkyl carbamates (subject to hydrolysis) is 1. The molecule has 0 spiro atoms. The van der Waals surface area contributed by atoms with Gasteiger partial charge in [0.15, 0.2) is 5.78 Å². The Kier molecular flexibility index (Phi) is 11.0. The zero-order valence-electron chi connectivity index (χ0n) is 30.6. The Morgan fingerprint density at radius 3 is 2.56 bits per heavy atom. The number of aromatic nitrogens is 1. The normalized spacial score (nSPS) is 26.5. The predicted molar refractivity (Wildman–Crippen MR) is 188 cm³/mol. The monoisotopic (exact) mass is 692 g/mol. The van der Waals surface area contributed by atoms with E-state index in [-0.39, 0.29) is 30.8 Å². The van der Waals surface area contributed by atoms with Crippen LogP contribution in [0.25, 0.3) is 10.9 Å². The molecule has 3 aliphatic rings. The van der Waals surface area contributed by atoms with Crippen molar-refractivity contribution in [2.75, 3.05) is 13.7 Å². The first-order valence-corrected chi connectivity index (χ1v) is 17.7. The number of nitrogens with one attached hydrogen (secondary N) is 2. The van der Waals surface area contributed by atoms with Crippen LogP contribution in [0.4, 0.5) is 4.79 Å². The number of ketones is 1. The number of Topliss-reactive ketones (excluding diaryl/α,β-unsaturated/α-hetero) is 1. The molecule has 3 amide bonds. The molecule has 5 rings (SSSR count). The van der Waals surface area contributed by atoms with Crippen molar-refractivity contribution in [3.63, 3.8) is 0 Å². The molecule has 50 heavy (non-hydrogen) atoms. The number of hydrogen-bond donors (Lipinski definition) is 2. The maximum atomic E-state index is 14.4. The summed E-state index contributed by atoms with van der Waals surface area (Å²) >= 11 is 0. The van der Waals surface area contributed by atoms with Crippen LogP contribution in [-0.2, 0) is 19.1 Å². The van der Waals surface area contributed by atoms with E-state index >= 15 is 0 Å². The summed E-state index contributed by atoms with van der Waals surface area (Å²) in [5, 5.41) is 6.55. The molecule has 272 valence electrons. The lowest BCUT2D eigenvalue weighted by molar-refractivity contribution is -0.141. The lowest BCUT2D eigenvalue weighted by Gasteiger charge is -2.30. The number of ether oxygens (including phenoxy) is 4. The zero-order chi connectivity index (χ0) is 36.4. The largest absolute Gasteiger partial charge is 0.496 e. The highest BCUT2D eigenvalue weighted by atomic mass is 16.6. The smallest absolute Gasteiger partial charge is 0.408 e. The molecule has 1 saturated carbocycles. The quantitative estimate of drug-likeness (QED) is 0.356. The zero-order valence-corrected chi connectivity index (χ0v) is 30.6. The number of allylic oxidation sites excluding steroid dienone is 1. The van der Waals surface area contributed by atoms with E-state index in [1.807, 2.05) is 39.0 Å². The minimum Gasteiger partial charge on any atom is -0.496 e. The van der Waals surface area contributed by atoms with Gasteiger partial charge in [0.05, 0.1) is 25.3 Å². The molecule has 2 aromatic rings. The number of amides is 3. The fourth-order valence-corrected chi connectivity index (χ4v) is 6.95. The minimum atomic E-state index is -1.00. The number of carbonyl (C=O) groups is 4. The van der Waals surface area contributed by atoms with Gasteiger partial charge in [0.25, 0.3) is 0 Å². The van der Waals surface area contributed by atoms with Gasteiger partial charge in [0.2, 0.25) is 17.7 Å². The average Bonchev–Trinajstić information content (AvgIpc) is 3.56. The third-order valence-corrected chi connectivity index (χ3v) is 9.55. The summed E-state index contributed by atoms with van der Waals surface area (Å²) in [5.74, 6) is 0.490. The number of carbonyl (C=O) groups excluding carboxylic acids is 4. The molecule has 1 saturated heterocycles. The fraction of sp³-hybridized carbons (Fsp3) is 0.605. The number of pyridine rings is 1. The Morgan fingerprint density at radius 1 is 1.12 bits per heavy atom. The van der Waals surface area contributed by atoms with Crippen LogP contribution >= 0.6 is 0 Å². The molecule has 12 nitrogen and oxygen atoms in total. The second-order valence-electron chi connectivity index (χ2n) is 15.0. The predicted octanol–water partition coefficient (Wildman–Crippen LogP) is 5.56. The average molecular weight is 693 g/mol. The number of fused-ring (bicyclic) bond motifs is 3. The molecule has 12 heteroatoms. The van der Waals surface area contributed by atoms with Crippen LogP contribution in [0.1, 0.15) is 92.1 Å². The molecule has 1 aliphatic carbocycles. The summed E-state index contributed by atoms with van der Waals surface area (Å²) < 4.78 is 23.7. The highest BCUT2D eigenvalue weighted by Crippen LogP contribution is 2.46. The number of hydrogen-bond acceptors (Lipinski definition) is 9. The van der Waals surface area contributed by atoms with Gasteiger partial charge >= 0.3 is 6.09 Å². The number of nitrogens with zero attached hydrogens (tertiary/aromatic N) is 2. The number of rotatable bonds is 7. The first-order chi connectivity index (χ1) is 23.6. The first-order valence-electron chi connectivity index (χ1n) is 17.7. The maximum absolute atomic E-state index is 14.4. The third kappa shape index (κ3) is 8.33. The summed E-state index contributed by atoms with van der Waals surface area (Å²) in [6, 6.07) is 3.58. The molecule has 3 heterocycles. The third-order valence-electron chi connectivity index (χ3n) is 9.55. The molecule has 0 unspecified atom stereocenters. The van der Waals surface area contributed by atoms with Crippen molar-refractivity contribution in [3.8, 4) is 17.4 Å². The van der Waals surface area contributed by atoms with Crippen LogP contribution in [0.15, 0.2) is 30.4 Å². The molecule has 0 bridgehead atoms. The number of methoxy groups -OCH3 is 1. The van der Waals surface area contributed by atoms with E-state index in [2.05, 4.69) is 16.7 Å². The van der Waals surface area contributed by atoms with Crippen molar-refractivity contribution in [2.24, 2.45) is 5.92 Å². The molecule has 2 aliphatic heterocycles.